The molecule has 0 unspecified atom stereocenters. The van der Waals surface area contributed by atoms with Crippen LogP contribution in [0.25, 0.3) is 0 Å². The molecule has 2 heterocycles. The van der Waals surface area contributed by atoms with E-state index in [4.69, 9.17) is 4.42 Å². The van der Waals surface area contributed by atoms with Gasteiger partial charge in [0, 0.05) is 31.9 Å². The molecule has 2 aromatic heterocycles. The predicted molar refractivity (Wildman–Crippen MR) is 70.9 cm³/mol. The van der Waals surface area contributed by atoms with E-state index in [0.717, 1.165) is 11.5 Å². The number of nitrogens with zero attached hydrogens (tertiary/aromatic N) is 2. The van der Waals surface area contributed by atoms with Crippen molar-refractivity contribution in [1.29, 1.82) is 0 Å². The van der Waals surface area contributed by atoms with Gasteiger partial charge in [0.15, 0.2) is 0 Å². The van der Waals surface area contributed by atoms with E-state index in [2.05, 4.69) is 0 Å². The molecule has 0 saturated carbocycles. The molecule has 0 aliphatic rings. The lowest BCUT2D eigenvalue weighted by molar-refractivity contribution is 0.0774. The van der Waals surface area contributed by atoms with Crippen LogP contribution in [0.3, 0.4) is 0 Å². The van der Waals surface area contributed by atoms with Crippen LogP contribution in [0.2, 0.25) is 0 Å². The summed E-state index contributed by atoms with van der Waals surface area (Å²) in [6.45, 7) is 2.23. The number of aryl methyl sites for hydroxylation is 2. The fourth-order valence-corrected chi connectivity index (χ4v) is 1.78. The van der Waals surface area contributed by atoms with Crippen molar-refractivity contribution in [1.82, 2.24) is 9.47 Å². The van der Waals surface area contributed by atoms with Gasteiger partial charge in [0.2, 0.25) is 0 Å². The van der Waals surface area contributed by atoms with Gasteiger partial charge in [-0.05, 0) is 25.1 Å². The predicted octanol–water partition coefficient (Wildman–Crippen LogP) is 1.56. The maximum Gasteiger partial charge on any atom is 0.254 e. The maximum absolute atomic E-state index is 12.2. The van der Waals surface area contributed by atoms with E-state index in [1.165, 1.54) is 15.5 Å². The number of aromatic nitrogens is 1. The maximum atomic E-state index is 12.2. The van der Waals surface area contributed by atoms with Crippen molar-refractivity contribution in [2.45, 2.75) is 13.5 Å². The average molecular weight is 260 g/mol. The Kier molecular flexibility index (Phi) is 3.55. The van der Waals surface area contributed by atoms with Crippen LogP contribution in [-0.2, 0) is 13.6 Å². The second kappa shape index (κ2) is 5.14. The molecule has 0 atom stereocenters. The minimum atomic E-state index is -0.202. The number of carbonyl (C=O) groups excluding carboxylic acids is 1. The average Bonchev–Trinajstić information content (AvgIpc) is 2.77. The fraction of sp³-hybridized carbons (Fsp3) is 0.286. The van der Waals surface area contributed by atoms with Crippen LogP contribution >= 0.6 is 0 Å². The Morgan fingerprint density at radius 3 is 2.68 bits per heavy atom. The van der Waals surface area contributed by atoms with Crippen molar-refractivity contribution in [2.24, 2.45) is 7.05 Å². The number of hydrogen-bond donors (Lipinski definition) is 0. The van der Waals surface area contributed by atoms with Gasteiger partial charge in [-0.25, -0.2) is 0 Å². The zero-order chi connectivity index (χ0) is 14.0. The summed E-state index contributed by atoms with van der Waals surface area (Å²) in [7, 11) is 3.32. The normalized spacial score (nSPS) is 10.5. The van der Waals surface area contributed by atoms with Crippen molar-refractivity contribution in [3.8, 4) is 0 Å². The van der Waals surface area contributed by atoms with Crippen molar-refractivity contribution < 1.29 is 9.21 Å². The molecule has 0 spiro atoms. The first kappa shape index (κ1) is 13.1. The number of furan rings is 1. The standard InChI is InChI=1S/C14H16N2O3/c1-10-4-5-12(19-10)9-16(3)14(18)11-6-7-15(2)13(17)8-11/h4-8H,9H2,1-3H3. The van der Waals surface area contributed by atoms with Crippen LogP contribution in [0.4, 0.5) is 0 Å². The molecule has 0 fully saturated rings. The fourth-order valence-electron chi connectivity index (χ4n) is 1.78. The van der Waals surface area contributed by atoms with E-state index in [1.807, 2.05) is 19.1 Å². The van der Waals surface area contributed by atoms with E-state index >= 15 is 0 Å². The number of amides is 1. The van der Waals surface area contributed by atoms with Crippen LogP contribution < -0.4 is 5.56 Å². The molecule has 0 aliphatic heterocycles. The van der Waals surface area contributed by atoms with E-state index in [9.17, 15) is 9.59 Å². The largest absolute Gasteiger partial charge is 0.464 e. The monoisotopic (exact) mass is 260 g/mol. The van der Waals surface area contributed by atoms with Gasteiger partial charge in [-0.15, -0.1) is 0 Å². The van der Waals surface area contributed by atoms with E-state index in [1.54, 1.807) is 26.4 Å². The SMILES string of the molecule is Cc1ccc(CN(C)C(=O)c2ccn(C)c(=O)c2)o1. The van der Waals surface area contributed by atoms with Gasteiger partial charge < -0.3 is 13.9 Å². The summed E-state index contributed by atoms with van der Waals surface area (Å²) >= 11 is 0. The molecule has 0 radical (unpaired) electrons. The van der Waals surface area contributed by atoms with Crippen LogP contribution in [0.1, 0.15) is 21.9 Å². The quantitative estimate of drug-likeness (QED) is 0.841. The second-order valence-corrected chi connectivity index (χ2v) is 4.54. The third kappa shape index (κ3) is 2.93. The highest BCUT2D eigenvalue weighted by Crippen LogP contribution is 2.10. The zero-order valence-corrected chi connectivity index (χ0v) is 11.2. The zero-order valence-electron chi connectivity index (χ0n) is 11.2. The van der Waals surface area contributed by atoms with Gasteiger partial charge in [0.05, 0.1) is 6.54 Å². The highest BCUT2D eigenvalue weighted by Gasteiger charge is 2.14. The van der Waals surface area contributed by atoms with Crippen LogP contribution in [0.5, 0.6) is 0 Å². The van der Waals surface area contributed by atoms with E-state index in [0.29, 0.717) is 12.1 Å². The van der Waals surface area contributed by atoms with Gasteiger partial charge in [-0.1, -0.05) is 0 Å². The molecule has 0 aliphatic carbocycles. The lowest BCUT2D eigenvalue weighted by atomic mass is 10.2. The van der Waals surface area contributed by atoms with Gasteiger partial charge >= 0.3 is 0 Å². The Morgan fingerprint density at radius 2 is 2.11 bits per heavy atom. The lowest BCUT2D eigenvalue weighted by Crippen LogP contribution is -2.28. The highest BCUT2D eigenvalue weighted by atomic mass is 16.3. The molecule has 0 bridgehead atoms. The molecule has 0 aromatic carbocycles. The Hall–Kier alpha value is -2.30. The van der Waals surface area contributed by atoms with Gasteiger partial charge in [0.25, 0.3) is 11.5 Å². The Morgan fingerprint density at radius 1 is 1.37 bits per heavy atom. The lowest BCUT2D eigenvalue weighted by Gasteiger charge is -2.15. The molecule has 0 N–H and O–H groups in total. The van der Waals surface area contributed by atoms with Crippen LogP contribution in [-0.4, -0.2) is 22.4 Å². The number of hydrogen-bond acceptors (Lipinski definition) is 3. The van der Waals surface area contributed by atoms with Gasteiger partial charge in [-0.3, -0.25) is 9.59 Å². The Labute approximate surface area is 111 Å². The van der Waals surface area contributed by atoms with Crippen molar-refractivity contribution in [3.63, 3.8) is 0 Å². The molecule has 2 rings (SSSR count). The van der Waals surface area contributed by atoms with Crippen LogP contribution in [0.15, 0.2) is 39.7 Å². The van der Waals surface area contributed by atoms with Crippen molar-refractivity contribution in [2.75, 3.05) is 7.05 Å². The minimum Gasteiger partial charge on any atom is -0.464 e. The Balaban J connectivity index is 2.14. The minimum absolute atomic E-state index is 0.201. The van der Waals surface area contributed by atoms with Crippen LogP contribution in [0, 0.1) is 6.92 Å². The van der Waals surface area contributed by atoms with Crippen molar-refractivity contribution in [3.05, 3.63) is 57.9 Å². The molecule has 19 heavy (non-hydrogen) atoms. The smallest absolute Gasteiger partial charge is 0.254 e. The van der Waals surface area contributed by atoms with E-state index < -0.39 is 0 Å². The topological polar surface area (TPSA) is 55.5 Å². The highest BCUT2D eigenvalue weighted by molar-refractivity contribution is 5.93. The third-order valence-corrected chi connectivity index (χ3v) is 2.89. The molecular formula is C14H16N2O3. The third-order valence-electron chi connectivity index (χ3n) is 2.89. The molecular weight excluding hydrogens is 244 g/mol. The summed E-state index contributed by atoms with van der Waals surface area (Å²) in [4.78, 5) is 25.2. The number of rotatable bonds is 3. The Bertz CT molecular complexity index is 655. The van der Waals surface area contributed by atoms with E-state index in [-0.39, 0.29) is 11.5 Å². The summed E-state index contributed by atoms with van der Waals surface area (Å²) in [6.07, 6.45) is 1.58. The molecule has 5 nitrogen and oxygen atoms in total. The summed E-state index contributed by atoms with van der Waals surface area (Å²) in [5.74, 6) is 1.33. The first-order chi connectivity index (χ1) is 8.97. The summed E-state index contributed by atoms with van der Waals surface area (Å²) in [5.41, 5.74) is 0.182. The molecule has 100 valence electrons. The second-order valence-electron chi connectivity index (χ2n) is 4.54. The first-order valence-corrected chi connectivity index (χ1v) is 5.95. The summed E-state index contributed by atoms with van der Waals surface area (Å²) in [5, 5.41) is 0. The number of carbonyl (C=O) groups is 1. The van der Waals surface area contributed by atoms with Gasteiger partial charge in [-0.2, -0.15) is 0 Å². The van der Waals surface area contributed by atoms with Crippen molar-refractivity contribution >= 4 is 5.91 Å². The number of pyridine rings is 1. The molecule has 0 saturated heterocycles. The first-order valence-electron chi connectivity index (χ1n) is 5.95. The summed E-state index contributed by atoms with van der Waals surface area (Å²) in [6, 6.07) is 6.66. The molecule has 1 amide bonds. The molecule has 5 heteroatoms. The molecule has 2 aromatic rings. The summed E-state index contributed by atoms with van der Waals surface area (Å²) < 4.78 is 6.85. The van der Waals surface area contributed by atoms with Gasteiger partial charge in [0.1, 0.15) is 11.5 Å².